The first-order chi connectivity index (χ1) is 34.0. The topological polar surface area (TPSA) is 8.17 Å². The Morgan fingerprint density at radius 3 is 1.54 bits per heavy atom. The van der Waals surface area contributed by atoms with Crippen molar-refractivity contribution in [1.82, 2.24) is 4.57 Å². The molecule has 2 heteroatoms. The fourth-order valence-corrected chi connectivity index (χ4v) is 11.7. The average molecular weight is 879 g/mol. The Balaban J connectivity index is 0.916. The number of anilines is 3. The minimum atomic E-state index is -0.113. The first-order valence-corrected chi connectivity index (χ1v) is 24.1. The monoisotopic (exact) mass is 878 g/mol. The highest BCUT2D eigenvalue weighted by atomic mass is 15.1. The molecule has 69 heavy (non-hydrogen) atoms. The van der Waals surface area contributed by atoms with Crippen LogP contribution < -0.4 is 4.90 Å². The van der Waals surface area contributed by atoms with Gasteiger partial charge in [0, 0.05) is 38.9 Å². The summed E-state index contributed by atoms with van der Waals surface area (Å²) in [6.45, 7) is 4.72. The molecule has 2 nitrogen and oxygen atoms in total. The molecule has 12 aromatic carbocycles. The van der Waals surface area contributed by atoms with Crippen LogP contribution >= 0.6 is 0 Å². The van der Waals surface area contributed by atoms with E-state index in [9.17, 15) is 0 Å². The largest absolute Gasteiger partial charge is 0.310 e. The molecular formula is C67H46N2. The summed E-state index contributed by atoms with van der Waals surface area (Å²) >= 11 is 0. The van der Waals surface area contributed by atoms with Crippen molar-refractivity contribution in [2.24, 2.45) is 0 Å². The Hall–Kier alpha value is -8.72. The summed E-state index contributed by atoms with van der Waals surface area (Å²) in [5.41, 5.74) is 19.4. The molecular weight excluding hydrogens is 833 g/mol. The van der Waals surface area contributed by atoms with Crippen LogP contribution in [0.5, 0.6) is 0 Å². The highest BCUT2D eigenvalue weighted by molar-refractivity contribution is 6.33. The van der Waals surface area contributed by atoms with Crippen LogP contribution in [0, 0.1) is 0 Å². The Labute approximate surface area is 401 Å². The predicted molar refractivity (Wildman–Crippen MR) is 293 cm³/mol. The van der Waals surface area contributed by atoms with E-state index in [2.05, 4.69) is 266 Å². The Bertz CT molecular complexity index is 4090. The van der Waals surface area contributed by atoms with Gasteiger partial charge in [0.25, 0.3) is 0 Å². The molecule has 1 aromatic heterocycles. The predicted octanol–water partition coefficient (Wildman–Crippen LogP) is 18.5. The zero-order valence-electron chi connectivity index (χ0n) is 38.5. The summed E-state index contributed by atoms with van der Waals surface area (Å²) in [6, 6.07) is 89.9. The smallest absolute Gasteiger partial charge is 0.0553 e. The van der Waals surface area contributed by atoms with Gasteiger partial charge in [-0.3, -0.25) is 0 Å². The van der Waals surface area contributed by atoms with E-state index < -0.39 is 0 Å². The Morgan fingerprint density at radius 2 is 0.855 bits per heavy atom. The van der Waals surface area contributed by atoms with Gasteiger partial charge in [0.1, 0.15) is 0 Å². The zero-order chi connectivity index (χ0) is 45.8. The highest BCUT2D eigenvalue weighted by Gasteiger charge is 2.35. The van der Waals surface area contributed by atoms with E-state index in [0.717, 1.165) is 22.7 Å². The van der Waals surface area contributed by atoms with Crippen LogP contribution in [0.25, 0.3) is 104 Å². The summed E-state index contributed by atoms with van der Waals surface area (Å²) in [5, 5.41) is 10.3. The van der Waals surface area contributed by atoms with Gasteiger partial charge in [-0.1, -0.05) is 190 Å². The quantitative estimate of drug-likeness (QED) is 0.145. The van der Waals surface area contributed by atoms with Gasteiger partial charge in [0.2, 0.25) is 0 Å². The van der Waals surface area contributed by atoms with Gasteiger partial charge < -0.3 is 9.47 Å². The summed E-state index contributed by atoms with van der Waals surface area (Å²) in [5.74, 6) is 0. The van der Waals surface area contributed by atoms with Crippen molar-refractivity contribution in [3.05, 3.63) is 254 Å². The molecule has 0 atom stereocenters. The van der Waals surface area contributed by atoms with Gasteiger partial charge in [0.05, 0.1) is 11.0 Å². The highest BCUT2D eigenvalue weighted by Crippen LogP contribution is 2.51. The van der Waals surface area contributed by atoms with Crippen molar-refractivity contribution in [2.45, 2.75) is 19.3 Å². The summed E-state index contributed by atoms with van der Waals surface area (Å²) < 4.78 is 2.47. The molecule has 13 aromatic rings. The number of nitrogens with zero attached hydrogens (tertiary/aromatic N) is 2. The number of rotatable bonds is 7. The van der Waals surface area contributed by atoms with Crippen LogP contribution in [0.15, 0.2) is 243 Å². The fourth-order valence-electron chi connectivity index (χ4n) is 11.7. The van der Waals surface area contributed by atoms with Crippen molar-refractivity contribution in [3.63, 3.8) is 0 Å². The number of hydrogen-bond acceptors (Lipinski definition) is 1. The summed E-state index contributed by atoms with van der Waals surface area (Å²) in [7, 11) is 0. The molecule has 0 bridgehead atoms. The van der Waals surface area contributed by atoms with Gasteiger partial charge in [-0.05, 0) is 155 Å². The number of aromatic nitrogens is 1. The van der Waals surface area contributed by atoms with E-state index in [4.69, 9.17) is 0 Å². The first kappa shape index (κ1) is 39.4. The van der Waals surface area contributed by atoms with E-state index in [1.165, 1.54) is 110 Å². The molecule has 0 radical (unpaired) electrons. The number of hydrogen-bond donors (Lipinski definition) is 0. The number of fused-ring (bicyclic) bond motifs is 7. The third-order valence-electron chi connectivity index (χ3n) is 15.1. The van der Waals surface area contributed by atoms with E-state index in [-0.39, 0.29) is 5.41 Å². The standard InChI is InChI=1S/C67H46N2/c1-67(2)60-19-10-9-18-56(60)57-38-36-55(42-61(57)67)68(52-30-22-45(23-31-52)43-12-5-3-6-13-43)53-32-26-47(27-33-53)50-29-39-62-59(40-50)66-58-37-28-49-17-11-16-48-20-21-51(65(58)64(48)49)41-63(66)69(62)54-34-24-46(25-35-54)44-14-7-4-8-15-44/h3-42H,1-2H3. The van der Waals surface area contributed by atoms with Gasteiger partial charge in [-0.2, -0.15) is 0 Å². The van der Waals surface area contributed by atoms with Gasteiger partial charge >= 0.3 is 0 Å². The first-order valence-electron chi connectivity index (χ1n) is 24.1. The second kappa shape index (κ2) is 15.2. The lowest BCUT2D eigenvalue weighted by Gasteiger charge is -2.28. The molecule has 14 rings (SSSR count). The maximum atomic E-state index is 2.47. The molecule has 1 aliphatic rings. The molecule has 0 saturated heterocycles. The zero-order valence-corrected chi connectivity index (χ0v) is 38.5. The van der Waals surface area contributed by atoms with Crippen molar-refractivity contribution in [2.75, 3.05) is 4.90 Å². The van der Waals surface area contributed by atoms with Crippen molar-refractivity contribution >= 4 is 71.2 Å². The lowest BCUT2D eigenvalue weighted by molar-refractivity contribution is 0.660. The number of benzene rings is 12. The fraction of sp³-hybridized carbons (Fsp3) is 0.0448. The molecule has 0 N–H and O–H groups in total. The van der Waals surface area contributed by atoms with Crippen LogP contribution in [0.2, 0.25) is 0 Å². The Morgan fingerprint density at radius 1 is 0.319 bits per heavy atom. The van der Waals surface area contributed by atoms with Crippen molar-refractivity contribution in [3.8, 4) is 50.2 Å². The second-order valence-electron chi connectivity index (χ2n) is 19.3. The SMILES string of the molecule is CC1(C)c2ccccc2-c2ccc(N(c3ccc(-c4ccccc4)cc3)c3ccc(-c4ccc5c(c4)c4c6ccc7cccc8ccc(cc4n5-c4ccc(-c5ccccc5)cc4)c6c87)cc3)cc21. The summed E-state index contributed by atoms with van der Waals surface area (Å²) in [4.78, 5) is 2.42. The third-order valence-corrected chi connectivity index (χ3v) is 15.1. The minimum Gasteiger partial charge on any atom is -0.310 e. The summed E-state index contributed by atoms with van der Waals surface area (Å²) in [6.07, 6.45) is 0. The van der Waals surface area contributed by atoms with Gasteiger partial charge in [-0.15, -0.1) is 0 Å². The second-order valence-corrected chi connectivity index (χ2v) is 19.3. The van der Waals surface area contributed by atoms with Crippen LogP contribution in [0.1, 0.15) is 25.0 Å². The third kappa shape index (κ3) is 6.12. The average Bonchev–Trinajstić information content (AvgIpc) is 3.86. The molecule has 1 aliphatic carbocycles. The van der Waals surface area contributed by atoms with Crippen LogP contribution in [-0.2, 0) is 5.41 Å². The van der Waals surface area contributed by atoms with Crippen LogP contribution in [-0.4, -0.2) is 4.57 Å². The van der Waals surface area contributed by atoms with E-state index >= 15 is 0 Å². The molecule has 0 saturated carbocycles. The van der Waals surface area contributed by atoms with Crippen molar-refractivity contribution < 1.29 is 0 Å². The van der Waals surface area contributed by atoms with Crippen LogP contribution in [0.4, 0.5) is 17.1 Å². The molecule has 0 aliphatic heterocycles. The molecule has 0 fully saturated rings. The molecule has 324 valence electrons. The molecule has 0 unspecified atom stereocenters. The van der Waals surface area contributed by atoms with Crippen LogP contribution in [0.3, 0.4) is 0 Å². The van der Waals surface area contributed by atoms with Gasteiger partial charge in [0.15, 0.2) is 0 Å². The lowest BCUT2D eigenvalue weighted by Crippen LogP contribution is -2.16. The van der Waals surface area contributed by atoms with E-state index in [1.54, 1.807) is 0 Å². The maximum Gasteiger partial charge on any atom is 0.0553 e. The maximum absolute atomic E-state index is 2.47. The normalized spacial score (nSPS) is 12.9. The Kier molecular flexibility index (Phi) is 8.66. The molecule has 0 spiro atoms. The molecule has 1 heterocycles. The minimum absolute atomic E-state index is 0.113. The van der Waals surface area contributed by atoms with E-state index in [1.807, 2.05) is 0 Å². The van der Waals surface area contributed by atoms with Gasteiger partial charge in [-0.25, -0.2) is 0 Å². The van der Waals surface area contributed by atoms with E-state index in [0.29, 0.717) is 0 Å². The molecule has 0 amide bonds. The van der Waals surface area contributed by atoms with Crippen molar-refractivity contribution in [1.29, 1.82) is 0 Å². The lowest BCUT2D eigenvalue weighted by atomic mass is 9.82.